The number of carbonyl (C=O) groups excluding carboxylic acids is 2. The second kappa shape index (κ2) is 9.55. The van der Waals surface area contributed by atoms with Gasteiger partial charge in [-0.3, -0.25) is 9.59 Å². The van der Waals surface area contributed by atoms with Crippen LogP contribution in [0.4, 0.5) is 0 Å². The molecule has 0 aliphatic rings. The van der Waals surface area contributed by atoms with Gasteiger partial charge in [-0.15, -0.1) is 0 Å². The third-order valence-corrected chi connectivity index (χ3v) is 2.45. The Morgan fingerprint density at radius 1 is 1.14 bits per heavy atom. The van der Waals surface area contributed by atoms with Crippen molar-refractivity contribution in [3.8, 4) is 5.75 Å². The van der Waals surface area contributed by atoms with Gasteiger partial charge in [0.15, 0.2) is 6.79 Å². The molecule has 0 saturated heterocycles. The van der Waals surface area contributed by atoms with E-state index < -0.39 is 0 Å². The van der Waals surface area contributed by atoms with E-state index in [4.69, 9.17) is 9.47 Å². The van der Waals surface area contributed by atoms with Gasteiger partial charge in [0.25, 0.3) is 0 Å². The molecule has 0 saturated carbocycles. The highest BCUT2D eigenvalue weighted by molar-refractivity contribution is 5.91. The van der Waals surface area contributed by atoms with Crippen LogP contribution in [0, 0.1) is 0 Å². The third-order valence-electron chi connectivity index (χ3n) is 2.45. The van der Waals surface area contributed by atoms with E-state index in [1.165, 1.54) is 13.0 Å². The largest absolute Gasteiger partial charge is 0.468 e. The summed E-state index contributed by atoms with van der Waals surface area (Å²) in [6.07, 6.45) is 3.15. The zero-order chi connectivity index (χ0) is 15.5. The van der Waals surface area contributed by atoms with Crippen LogP contribution in [0.3, 0.4) is 0 Å². The molecule has 114 valence electrons. The third kappa shape index (κ3) is 7.74. The van der Waals surface area contributed by atoms with Gasteiger partial charge in [-0.2, -0.15) is 0 Å². The fourth-order valence-electron chi connectivity index (χ4n) is 1.46. The van der Waals surface area contributed by atoms with Gasteiger partial charge in [0.1, 0.15) is 5.75 Å². The summed E-state index contributed by atoms with van der Waals surface area (Å²) in [5.74, 6) is 0.379. The molecule has 0 bridgehead atoms. The van der Waals surface area contributed by atoms with Crippen LogP contribution in [-0.2, 0) is 14.3 Å². The molecule has 0 aliphatic heterocycles. The highest BCUT2D eigenvalue weighted by atomic mass is 16.7. The SMILES string of the molecule is COCOc1ccc(/C=C/C(=O)NCCNC(C)=O)cc1. The molecule has 0 radical (unpaired) electrons. The van der Waals surface area contributed by atoms with Gasteiger partial charge < -0.3 is 20.1 Å². The number of amides is 2. The first-order chi connectivity index (χ1) is 10.1. The molecule has 6 nitrogen and oxygen atoms in total. The van der Waals surface area contributed by atoms with Crippen LogP contribution in [-0.4, -0.2) is 38.8 Å². The number of methoxy groups -OCH3 is 1. The van der Waals surface area contributed by atoms with Crippen LogP contribution in [0.2, 0.25) is 0 Å². The second-order valence-electron chi connectivity index (χ2n) is 4.23. The molecule has 0 aromatic heterocycles. The van der Waals surface area contributed by atoms with Crippen molar-refractivity contribution in [3.63, 3.8) is 0 Å². The van der Waals surface area contributed by atoms with Crippen LogP contribution in [0.1, 0.15) is 12.5 Å². The molecule has 0 heterocycles. The molecule has 21 heavy (non-hydrogen) atoms. The molecule has 0 fully saturated rings. The second-order valence-corrected chi connectivity index (χ2v) is 4.23. The van der Waals surface area contributed by atoms with Crippen molar-refractivity contribution in [3.05, 3.63) is 35.9 Å². The van der Waals surface area contributed by atoms with Gasteiger partial charge >= 0.3 is 0 Å². The van der Waals surface area contributed by atoms with Crippen molar-refractivity contribution >= 4 is 17.9 Å². The average molecular weight is 292 g/mol. The highest BCUT2D eigenvalue weighted by Crippen LogP contribution is 2.12. The van der Waals surface area contributed by atoms with Crippen molar-refractivity contribution in [1.82, 2.24) is 10.6 Å². The Morgan fingerprint density at radius 3 is 2.43 bits per heavy atom. The van der Waals surface area contributed by atoms with Gasteiger partial charge in [-0.25, -0.2) is 0 Å². The van der Waals surface area contributed by atoms with Gasteiger partial charge in [-0.05, 0) is 23.8 Å². The standard InChI is InChI=1S/C15H20N2O4/c1-12(18)16-9-10-17-15(19)8-5-13-3-6-14(7-4-13)21-11-20-2/h3-8H,9-11H2,1-2H3,(H,16,18)(H,17,19)/b8-5+. The fourth-order valence-corrected chi connectivity index (χ4v) is 1.46. The van der Waals surface area contributed by atoms with E-state index in [0.717, 1.165) is 5.56 Å². The summed E-state index contributed by atoms with van der Waals surface area (Å²) in [4.78, 5) is 22.2. The van der Waals surface area contributed by atoms with Gasteiger partial charge in [0, 0.05) is 33.2 Å². The van der Waals surface area contributed by atoms with E-state index in [9.17, 15) is 9.59 Å². The fraction of sp³-hybridized carbons (Fsp3) is 0.333. The maximum Gasteiger partial charge on any atom is 0.244 e. The molecule has 2 amide bonds. The Morgan fingerprint density at radius 2 is 1.81 bits per heavy atom. The average Bonchev–Trinajstić information content (AvgIpc) is 2.48. The number of nitrogens with one attached hydrogen (secondary N) is 2. The lowest BCUT2D eigenvalue weighted by molar-refractivity contribution is -0.119. The van der Waals surface area contributed by atoms with Crippen LogP contribution in [0.25, 0.3) is 6.08 Å². The van der Waals surface area contributed by atoms with Crippen LogP contribution in [0.15, 0.2) is 30.3 Å². The Kier molecular flexibility index (Phi) is 7.60. The maximum absolute atomic E-state index is 11.5. The van der Waals surface area contributed by atoms with E-state index in [0.29, 0.717) is 18.8 Å². The molecule has 1 aromatic carbocycles. The first-order valence-corrected chi connectivity index (χ1v) is 6.54. The number of carbonyl (C=O) groups is 2. The van der Waals surface area contributed by atoms with Crippen molar-refractivity contribution in [1.29, 1.82) is 0 Å². The lowest BCUT2D eigenvalue weighted by atomic mass is 10.2. The van der Waals surface area contributed by atoms with Gasteiger partial charge in [0.05, 0.1) is 0 Å². The van der Waals surface area contributed by atoms with Gasteiger partial charge in [-0.1, -0.05) is 12.1 Å². The Bertz CT molecular complexity index is 483. The van der Waals surface area contributed by atoms with E-state index in [-0.39, 0.29) is 18.6 Å². The zero-order valence-corrected chi connectivity index (χ0v) is 12.2. The molecule has 0 aliphatic carbocycles. The van der Waals surface area contributed by atoms with E-state index in [2.05, 4.69) is 10.6 Å². The summed E-state index contributed by atoms with van der Waals surface area (Å²) in [5, 5.41) is 5.26. The molecule has 0 unspecified atom stereocenters. The first-order valence-electron chi connectivity index (χ1n) is 6.54. The number of hydrogen-bond donors (Lipinski definition) is 2. The topological polar surface area (TPSA) is 76.7 Å². The Hall–Kier alpha value is -2.34. The maximum atomic E-state index is 11.5. The molecule has 1 rings (SSSR count). The predicted octanol–water partition coefficient (Wildman–Crippen LogP) is 0.935. The summed E-state index contributed by atoms with van der Waals surface area (Å²) in [6.45, 7) is 2.45. The van der Waals surface area contributed by atoms with E-state index in [1.807, 2.05) is 12.1 Å². The molecule has 0 spiro atoms. The zero-order valence-electron chi connectivity index (χ0n) is 12.2. The van der Waals surface area contributed by atoms with Crippen molar-refractivity contribution in [2.24, 2.45) is 0 Å². The van der Waals surface area contributed by atoms with Crippen LogP contribution >= 0.6 is 0 Å². The van der Waals surface area contributed by atoms with Crippen molar-refractivity contribution < 1.29 is 19.1 Å². The summed E-state index contributed by atoms with van der Waals surface area (Å²) < 4.78 is 10.1. The minimum absolute atomic E-state index is 0.115. The first kappa shape index (κ1) is 16.7. The van der Waals surface area contributed by atoms with Crippen LogP contribution in [0.5, 0.6) is 5.75 Å². The van der Waals surface area contributed by atoms with E-state index in [1.54, 1.807) is 25.3 Å². The Balaban J connectivity index is 2.34. The molecule has 1 aromatic rings. The number of hydrogen-bond acceptors (Lipinski definition) is 4. The van der Waals surface area contributed by atoms with Crippen molar-refractivity contribution in [2.75, 3.05) is 27.0 Å². The van der Waals surface area contributed by atoms with Gasteiger partial charge in [0.2, 0.25) is 11.8 Å². The molecule has 2 N–H and O–H groups in total. The quantitative estimate of drug-likeness (QED) is 0.424. The summed E-state index contributed by atoms with van der Waals surface area (Å²) in [7, 11) is 1.56. The Labute approximate surface area is 124 Å². The molecule has 6 heteroatoms. The lowest BCUT2D eigenvalue weighted by Crippen LogP contribution is -2.32. The van der Waals surface area contributed by atoms with Crippen LogP contribution < -0.4 is 15.4 Å². The molecule has 0 atom stereocenters. The monoisotopic (exact) mass is 292 g/mol. The smallest absolute Gasteiger partial charge is 0.244 e. The summed E-state index contributed by atoms with van der Waals surface area (Å²) in [6, 6.07) is 7.28. The van der Waals surface area contributed by atoms with E-state index >= 15 is 0 Å². The molecular formula is C15H20N2O4. The lowest BCUT2D eigenvalue weighted by Gasteiger charge is -2.04. The van der Waals surface area contributed by atoms with Crippen molar-refractivity contribution in [2.45, 2.75) is 6.92 Å². The molecular weight excluding hydrogens is 272 g/mol. The minimum atomic E-state index is -0.208. The number of rotatable bonds is 8. The normalized spacial score (nSPS) is 10.4. The summed E-state index contributed by atoms with van der Waals surface area (Å²) in [5.41, 5.74) is 0.886. The predicted molar refractivity (Wildman–Crippen MR) is 79.7 cm³/mol. The summed E-state index contributed by atoms with van der Waals surface area (Å²) >= 11 is 0. The highest BCUT2D eigenvalue weighted by Gasteiger charge is 1.96. The number of benzene rings is 1. The number of ether oxygens (including phenoxy) is 2. The minimum Gasteiger partial charge on any atom is -0.468 e.